The lowest BCUT2D eigenvalue weighted by Crippen LogP contribution is -2.43. The first-order valence-corrected chi connectivity index (χ1v) is 12.2. The molecular weight excluding hydrogens is 486 g/mol. The lowest BCUT2D eigenvalue weighted by atomic mass is 9.67. The number of aliphatic carboxylic acids is 1. The van der Waals surface area contributed by atoms with E-state index in [0.29, 0.717) is 42.0 Å². The van der Waals surface area contributed by atoms with Crippen molar-refractivity contribution in [3.05, 3.63) is 82.9 Å². The molecule has 1 saturated carbocycles. The SMILES string of the molecule is N=C(N)c1ccc(Oc2cc(C(N)=O)cc(Oc3ccc(CN)cc3)c2C2(C(=O)O)CCC(N)CC2)cc1. The van der Waals surface area contributed by atoms with Crippen molar-refractivity contribution < 1.29 is 24.2 Å². The number of carbonyl (C=O) groups excluding carboxylic acids is 1. The van der Waals surface area contributed by atoms with Gasteiger partial charge in [-0.1, -0.05) is 12.1 Å². The van der Waals surface area contributed by atoms with Gasteiger partial charge in [-0.2, -0.15) is 0 Å². The molecular formula is C28H31N5O5. The molecule has 198 valence electrons. The molecule has 0 aliphatic heterocycles. The molecule has 0 bridgehead atoms. The molecule has 3 aromatic carbocycles. The van der Waals surface area contributed by atoms with Gasteiger partial charge in [-0.25, -0.2) is 0 Å². The molecule has 4 rings (SSSR count). The number of nitrogens with two attached hydrogens (primary N) is 4. The van der Waals surface area contributed by atoms with Crippen LogP contribution in [0.5, 0.6) is 23.0 Å². The quantitative estimate of drug-likeness (QED) is 0.183. The molecule has 0 atom stereocenters. The summed E-state index contributed by atoms with van der Waals surface area (Å²) in [4.78, 5) is 25.2. The van der Waals surface area contributed by atoms with Gasteiger partial charge >= 0.3 is 5.97 Å². The minimum atomic E-state index is -1.38. The summed E-state index contributed by atoms with van der Waals surface area (Å²) in [6.45, 7) is 0.353. The Labute approximate surface area is 220 Å². The zero-order valence-electron chi connectivity index (χ0n) is 20.8. The highest BCUT2D eigenvalue weighted by Gasteiger charge is 2.47. The predicted octanol–water partition coefficient (Wildman–Crippen LogP) is 3.34. The number of carboxylic acids is 1. The highest BCUT2D eigenvalue weighted by molar-refractivity contribution is 5.95. The molecule has 0 saturated heterocycles. The van der Waals surface area contributed by atoms with E-state index in [0.717, 1.165) is 5.56 Å². The second-order valence-electron chi connectivity index (χ2n) is 9.43. The Morgan fingerprint density at radius 3 is 1.82 bits per heavy atom. The summed E-state index contributed by atoms with van der Waals surface area (Å²) in [6.07, 6.45) is 1.48. The monoisotopic (exact) mass is 517 g/mol. The number of primary amides is 1. The first kappa shape index (κ1) is 26.6. The molecule has 10 nitrogen and oxygen atoms in total. The summed E-state index contributed by atoms with van der Waals surface area (Å²) in [6, 6.07) is 16.2. The largest absolute Gasteiger partial charge is 0.481 e. The Hall–Kier alpha value is -4.41. The van der Waals surface area contributed by atoms with E-state index in [2.05, 4.69) is 0 Å². The van der Waals surface area contributed by atoms with Crippen molar-refractivity contribution in [2.45, 2.75) is 43.7 Å². The van der Waals surface area contributed by atoms with Gasteiger partial charge < -0.3 is 37.5 Å². The van der Waals surface area contributed by atoms with Gasteiger partial charge in [0, 0.05) is 23.7 Å². The fourth-order valence-electron chi connectivity index (χ4n) is 4.72. The number of rotatable bonds is 9. The summed E-state index contributed by atoms with van der Waals surface area (Å²) >= 11 is 0. The summed E-state index contributed by atoms with van der Waals surface area (Å²) in [5.41, 5.74) is 23.4. The maximum atomic E-state index is 12.9. The molecule has 1 amide bonds. The van der Waals surface area contributed by atoms with Crippen LogP contribution in [0, 0.1) is 5.41 Å². The predicted molar refractivity (Wildman–Crippen MR) is 143 cm³/mol. The van der Waals surface area contributed by atoms with E-state index in [1.165, 1.54) is 12.1 Å². The standard InChI is InChI=1S/C28H31N5O5/c29-15-16-1-5-20(6-2-16)37-22-13-18(26(33)34)14-23(38-21-7-3-17(4-8-21)25(31)32)24(22)28(27(35)36)11-9-19(30)10-12-28/h1-8,13-14,19H,9-12,15,29-30H2,(H3,31,32)(H2,33,34)(H,35,36). The van der Waals surface area contributed by atoms with E-state index in [-0.39, 0.29) is 41.8 Å². The van der Waals surface area contributed by atoms with Crippen LogP contribution in [0.2, 0.25) is 0 Å². The van der Waals surface area contributed by atoms with Gasteiger partial charge in [0.25, 0.3) is 0 Å². The number of hydrogen-bond acceptors (Lipinski definition) is 7. The molecule has 0 radical (unpaired) electrons. The third-order valence-electron chi connectivity index (χ3n) is 6.90. The fraction of sp³-hybridized carbons (Fsp3) is 0.250. The van der Waals surface area contributed by atoms with Crippen LogP contribution in [0.1, 0.15) is 52.7 Å². The van der Waals surface area contributed by atoms with Gasteiger partial charge in [-0.15, -0.1) is 0 Å². The third kappa shape index (κ3) is 5.46. The smallest absolute Gasteiger partial charge is 0.314 e. The van der Waals surface area contributed by atoms with E-state index < -0.39 is 17.3 Å². The van der Waals surface area contributed by atoms with Crippen molar-refractivity contribution in [3.8, 4) is 23.0 Å². The van der Waals surface area contributed by atoms with Gasteiger partial charge in [0.2, 0.25) is 5.91 Å². The number of ether oxygens (including phenoxy) is 2. The highest BCUT2D eigenvalue weighted by atomic mass is 16.5. The number of benzene rings is 3. The first-order chi connectivity index (χ1) is 18.1. The van der Waals surface area contributed by atoms with E-state index in [4.69, 9.17) is 37.8 Å². The van der Waals surface area contributed by atoms with Crippen LogP contribution in [0.3, 0.4) is 0 Å². The van der Waals surface area contributed by atoms with E-state index in [1.54, 1.807) is 48.5 Å². The highest BCUT2D eigenvalue weighted by Crippen LogP contribution is 2.50. The molecule has 10 heteroatoms. The molecule has 0 unspecified atom stereocenters. The molecule has 0 spiro atoms. The second kappa shape index (κ2) is 10.9. The maximum absolute atomic E-state index is 12.9. The molecule has 10 N–H and O–H groups in total. The molecule has 0 heterocycles. The van der Waals surface area contributed by atoms with Gasteiger partial charge in [0.15, 0.2) is 0 Å². The van der Waals surface area contributed by atoms with E-state index in [9.17, 15) is 14.7 Å². The van der Waals surface area contributed by atoms with Crippen LogP contribution in [-0.2, 0) is 16.8 Å². The van der Waals surface area contributed by atoms with Crippen LogP contribution >= 0.6 is 0 Å². The van der Waals surface area contributed by atoms with E-state index in [1.807, 2.05) is 0 Å². The molecule has 3 aromatic rings. The van der Waals surface area contributed by atoms with Crippen molar-refractivity contribution in [1.29, 1.82) is 5.41 Å². The number of amidine groups is 1. The average molecular weight is 518 g/mol. The average Bonchev–Trinajstić information content (AvgIpc) is 2.90. The molecule has 1 fully saturated rings. The van der Waals surface area contributed by atoms with Gasteiger partial charge in [0.1, 0.15) is 34.2 Å². The summed E-state index contributed by atoms with van der Waals surface area (Å²) in [5.74, 6) is -0.826. The number of nitrogen functional groups attached to an aromatic ring is 1. The summed E-state index contributed by atoms with van der Waals surface area (Å²) in [5, 5.41) is 18.2. The summed E-state index contributed by atoms with van der Waals surface area (Å²) in [7, 11) is 0. The van der Waals surface area contributed by atoms with Crippen molar-refractivity contribution in [3.63, 3.8) is 0 Å². The number of carbonyl (C=O) groups is 2. The minimum Gasteiger partial charge on any atom is -0.481 e. The topological polar surface area (TPSA) is 201 Å². The van der Waals surface area contributed by atoms with Gasteiger partial charge in [-0.05, 0) is 79.8 Å². The van der Waals surface area contributed by atoms with Crippen LogP contribution in [0.4, 0.5) is 0 Å². The molecule has 1 aliphatic rings. The zero-order chi connectivity index (χ0) is 27.4. The van der Waals surface area contributed by atoms with Crippen molar-refractivity contribution in [1.82, 2.24) is 0 Å². The maximum Gasteiger partial charge on any atom is 0.314 e. The molecule has 1 aliphatic carbocycles. The van der Waals surface area contributed by atoms with E-state index >= 15 is 0 Å². The van der Waals surface area contributed by atoms with Crippen LogP contribution in [0.15, 0.2) is 60.7 Å². The van der Waals surface area contributed by atoms with Crippen molar-refractivity contribution >= 4 is 17.7 Å². The van der Waals surface area contributed by atoms with Crippen molar-refractivity contribution in [2.75, 3.05) is 0 Å². The number of hydrogen-bond donors (Lipinski definition) is 6. The summed E-state index contributed by atoms with van der Waals surface area (Å²) < 4.78 is 12.4. The Balaban J connectivity index is 1.91. The number of amides is 1. The van der Waals surface area contributed by atoms with Crippen LogP contribution < -0.4 is 32.4 Å². The van der Waals surface area contributed by atoms with Crippen molar-refractivity contribution in [2.24, 2.45) is 22.9 Å². The number of carboxylic acid groups (broad SMARTS) is 1. The lowest BCUT2D eigenvalue weighted by Gasteiger charge is -2.38. The van der Waals surface area contributed by atoms with Crippen LogP contribution in [0.25, 0.3) is 0 Å². The minimum absolute atomic E-state index is 0.0886. The van der Waals surface area contributed by atoms with Gasteiger partial charge in [-0.3, -0.25) is 15.0 Å². The molecule has 38 heavy (non-hydrogen) atoms. The second-order valence-corrected chi connectivity index (χ2v) is 9.43. The Morgan fingerprint density at radius 1 is 0.895 bits per heavy atom. The molecule has 0 aromatic heterocycles. The third-order valence-corrected chi connectivity index (χ3v) is 6.90. The Morgan fingerprint density at radius 2 is 1.39 bits per heavy atom. The Kier molecular flexibility index (Phi) is 7.65. The Bertz CT molecular complexity index is 1350. The van der Waals surface area contributed by atoms with Gasteiger partial charge in [0.05, 0.1) is 5.56 Å². The fourth-order valence-corrected chi connectivity index (χ4v) is 4.72. The zero-order valence-corrected chi connectivity index (χ0v) is 20.8. The normalized spacial score (nSPS) is 18.9. The lowest BCUT2D eigenvalue weighted by molar-refractivity contribution is -0.145. The first-order valence-electron chi connectivity index (χ1n) is 12.2. The van der Waals surface area contributed by atoms with Crippen LogP contribution in [-0.4, -0.2) is 28.9 Å². The number of nitrogens with one attached hydrogen (secondary N) is 1.